The number of nitrogens with one attached hydrogen (secondary N) is 1. The van der Waals surface area contributed by atoms with Crippen LogP contribution in [0.2, 0.25) is 0 Å². The summed E-state index contributed by atoms with van der Waals surface area (Å²) >= 11 is 0. The molecule has 0 unspecified atom stereocenters. The molecule has 0 bridgehead atoms. The lowest BCUT2D eigenvalue weighted by molar-refractivity contribution is -0.905. The van der Waals surface area contributed by atoms with Crippen LogP contribution in [0.5, 0.6) is 0 Å². The number of piperidine rings is 1. The number of quaternary nitrogens is 1. The maximum Gasteiger partial charge on any atom is 0.338 e. The molecule has 0 aromatic heterocycles. The number of carbonyl (C=O) groups excluding carboxylic acids is 1. The zero-order valence-electron chi connectivity index (χ0n) is 13.6. The van der Waals surface area contributed by atoms with Crippen molar-refractivity contribution in [3.63, 3.8) is 0 Å². The van der Waals surface area contributed by atoms with Crippen molar-refractivity contribution in [2.45, 2.75) is 45.4 Å². The Morgan fingerprint density at radius 1 is 1.10 bits per heavy atom. The van der Waals surface area contributed by atoms with Gasteiger partial charge >= 0.3 is 5.97 Å². The highest BCUT2D eigenvalue weighted by Gasteiger charge is 2.16. The van der Waals surface area contributed by atoms with Crippen LogP contribution in [-0.4, -0.2) is 32.2 Å². The van der Waals surface area contributed by atoms with Crippen LogP contribution in [-0.2, 0) is 10.2 Å². The fourth-order valence-electron chi connectivity index (χ4n) is 2.78. The van der Waals surface area contributed by atoms with Gasteiger partial charge in [0.15, 0.2) is 0 Å². The molecule has 3 nitrogen and oxygen atoms in total. The molecule has 0 saturated carbocycles. The molecule has 1 fully saturated rings. The number of esters is 1. The topological polar surface area (TPSA) is 30.7 Å². The summed E-state index contributed by atoms with van der Waals surface area (Å²) in [5.74, 6) is -0.202. The summed E-state index contributed by atoms with van der Waals surface area (Å²) in [7, 11) is 0. The average Bonchev–Trinajstić information content (AvgIpc) is 2.47. The van der Waals surface area contributed by atoms with E-state index in [4.69, 9.17) is 4.74 Å². The van der Waals surface area contributed by atoms with Gasteiger partial charge in [-0.1, -0.05) is 32.9 Å². The lowest BCUT2D eigenvalue weighted by Crippen LogP contribution is -3.13. The predicted octanol–water partition coefficient (Wildman–Crippen LogP) is 2.21. The molecule has 3 heteroatoms. The molecule has 2 rings (SSSR count). The number of rotatable bonds is 4. The molecule has 1 heterocycles. The van der Waals surface area contributed by atoms with Crippen molar-refractivity contribution in [2.24, 2.45) is 0 Å². The molecule has 1 saturated heterocycles. The number of carbonyl (C=O) groups is 1. The van der Waals surface area contributed by atoms with Crippen LogP contribution < -0.4 is 4.90 Å². The average molecular weight is 290 g/mol. The minimum absolute atomic E-state index is 0.111. The summed E-state index contributed by atoms with van der Waals surface area (Å²) in [6.07, 6.45) is 3.96. The third kappa shape index (κ3) is 4.85. The van der Waals surface area contributed by atoms with E-state index in [0.29, 0.717) is 12.2 Å². The van der Waals surface area contributed by atoms with Gasteiger partial charge in [0.05, 0.1) is 18.7 Å². The van der Waals surface area contributed by atoms with Gasteiger partial charge in [0.2, 0.25) is 0 Å². The van der Waals surface area contributed by atoms with E-state index in [0.717, 1.165) is 6.54 Å². The SMILES string of the molecule is CC(C)(C)c1ccc(C(=O)OCC[NH+]2CCCCC2)cc1. The van der Waals surface area contributed by atoms with E-state index in [1.807, 2.05) is 24.3 Å². The fraction of sp³-hybridized carbons (Fsp3) is 0.611. The first-order valence-electron chi connectivity index (χ1n) is 8.08. The van der Waals surface area contributed by atoms with Crippen LogP contribution >= 0.6 is 0 Å². The van der Waals surface area contributed by atoms with Gasteiger partial charge in [0.1, 0.15) is 13.2 Å². The maximum absolute atomic E-state index is 12.0. The van der Waals surface area contributed by atoms with Crippen LogP contribution in [0.1, 0.15) is 56.0 Å². The molecule has 0 aliphatic carbocycles. The van der Waals surface area contributed by atoms with Crippen molar-refractivity contribution in [1.29, 1.82) is 0 Å². The van der Waals surface area contributed by atoms with E-state index in [1.54, 1.807) is 4.90 Å². The lowest BCUT2D eigenvalue weighted by atomic mass is 9.87. The van der Waals surface area contributed by atoms with Crippen LogP contribution in [0.25, 0.3) is 0 Å². The smallest absolute Gasteiger partial charge is 0.338 e. The molecule has 1 aliphatic rings. The summed E-state index contributed by atoms with van der Waals surface area (Å²) in [5, 5.41) is 0. The Hall–Kier alpha value is -1.35. The normalized spacial score (nSPS) is 16.7. The number of ether oxygens (including phenoxy) is 1. The van der Waals surface area contributed by atoms with E-state index < -0.39 is 0 Å². The van der Waals surface area contributed by atoms with Crippen molar-refractivity contribution in [3.05, 3.63) is 35.4 Å². The molecular formula is C18H28NO2+. The standard InChI is InChI=1S/C18H27NO2/c1-18(2,3)16-9-7-15(8-10-16)17(20)21-14-13-19-11-5-4-6-12-19/h7-10H,4-6,11-14H2,1-3H3/p+1. The summed E-state index contributed by atoms with van der Waals surface area (Å²) < 4.78 is 5.40. The Labute approximate surface area is 128 Å². The highest BCUT2D eigenvalue weighted by molar-refractivity contribution is 5.89. The molecule has 116 valence electrons. The quantitative estimate of drug-likeness (QED) is 0.862. The first-order valence-corrected chi connectivity index (χ1v) is 8.08. The zero-order chi connectivity index (χ0) is 15.3. The Morgan fingerprint density at radius 3 is 2.29 bits per heavy atom. The second kappa shape index (κ2) is 7.08. The van der Waals surface area contributed by atoms with E-state index in [2.05, 4.69) is 20.8 Å². The molecule has 0 radical (unpaired) electrons. The highest BCUT2D eigenvalue weighted by Crippen LogP contribution is 2.22. The van der Waals surface area contributed by atoms with Crippen LogP contribution in [0.3, 0.4) is 0 Å². The molecule has 1 aromatic carbocycles. The van der Waals surface area contributed by atoms with E-state index >= 15 is 0 Å². The number of hydrogen-bond donors (Lipinski definition) is 1. The van der Waals surface area contributed by atoms with Crippen LogP contribution in [0.4, 0.5) is 0 Å². The van der Waals surface area contributed by atoms with Crippen LogP contribution in [0.15, 0.2) is 24.3 Å². The number of likely N-dealkylation sites (tertiary alicyclic amines) is 1. The van der Waals surface area contributed by atoms with E-state index in [9.17, 15) is 4.79 Å². The highest BCUT2D eigenvalue weighted by atomic mass is 16.5. The minimum Gasteiger partial charge on any atom is -0.456 e. The third-order valence-electron chi connectivity index (χ3n) is 4.24. The summed E-state index contributed by atoms with van der Waals surface area (Å²) in [6, 6.07) is 7.78. The molecule has 21 heavy (non-hydrogen) atoms. The van der Waals surface area contributed by atoms with Crippen molar-refractivity contribution in [3.8, 4) is 0 Å². The Balaban J connectivity index is 1.80. The Bertz CT molecular complexity index is 453. The first kappa shape index (κ1) is 16.0. The largest absolute Gasteiger partial charge is 0.456 e. The molecule has 1 aromatic rings. The number of benzene rings is 1. The summed E-state index contributed by atoms with van der Waals surface area (Å²) in [5.41, 5.74) is 1.99. The van der Waals surface area contributed by atoms with Crippen molar-refractivity contribution in [2.75, 3.05) is 26.2 Å². The lowest BCUT2D eigenvalue weighted by Gasteiger charge is -2.23. The van der Waals surface area contributed by atoms with Gasteiger partial charge in [-0.3, -0.25) is 0 Å². The van der Waals surface area contributed by atoms with Gasteiger partial charge in [-0.15, -0.1) is 0 Å². The molecule has 0 atom stereocenters. The predicted molar refractivity (Wildman–Crippen MR) is 84.8 cm³/mol. The van der Waals surface area contributed by atoms with Gasteiger partial charge in [0.25, 0.3) is 0 Å². The molecule has 1 N–H and O–H groups in total. The fourth-order valence-corrected chi connectivity index (χ4v) is 2.78. The second-order valence-electron chi connectivity index (χ2n) is 7.02. The van der Waals surface area contributed by atoms with Gasteiger partial charge in [0, 0.05) is 0 Å². The van der Waals surface area contributed by atoms with Crippen molar-refractivity contribution < 1.29 is 14.4 Å². The Kier molecular flexibility index (Phi) is 5.40. The molecular weight excluding hydrogens is 262 g/mol. The molecule has 0 spiro atoms. The van der Waals surface area contributed by atoms with Crippen molar-refractivity contribution >= 4 is 5.97 Å². The Morgan fingerprint density at radius 2 is 1.71 bits per heavy atom. The monoisotopic (exact) mass is 290 g/mol. The van der Waals surface area contributed by atoms with Crippen molar-refractivity contribution in [1.82, 2.24) is 0 Å². The first-order chi connectivity index (χ1) is 9.97. The zero-order valence-corrected chi connectivity index (χ0v) is 13.6. The molecule has 1 aliphatic heterocycles. The van der Waals surface area contributed by atoms with Crippen LogP contribution in [0, 0.1) is 0 Å². The van der Waals surface area contributed by atoms with Gasteiger partial charge in [-0.05, 0) is 42.4 Å². The third-order valence-corrected chi connectivity index (χ3v) is 4.24. The molecule has 0 amide bonds. The van der Waals surface area contributed by atoms with Gasteiger partial charge < -0.3 is 9.64 Å². The summed E-state index contributed by atoms with van der Waals surface area (Å²) in [6.45, 7) is 10.4. The van der Waals surface area contributed by atoms with Gasteiger partial charge in [-0.25, -0.2) is 4.79 Å². The second-order valence-corrected chi connectivity index (χ2v) is 7.02. The maximum atomic E-state index is 12.0. The number of hydrogen-bond acceptors (Lipinski definition) is 2. The van der Waals surface area contributed by atoms with E-state index in [1.165, 1.54) is 37.9 Å². The summed E-state index contributed by atoms with van der Waals surface area (Å²) in [4.78, 5) is 13.6. The minimum atomic E-state index is -0.202. The van der Waals surface area contributed by atoms with Gasteiger partial charge in [-0.2, -0.15) is 0 Å². The van der Waals surface area contributed by atoms with E-state index in [-0.39, 0.29) is 11.4 Å².